The molecular weight excluding hydrogens is 252 g/mol. The Balaban J connectivity index is 2.45. The Morgan fingerprint density at radius 1 is 1.35 bits per heavy atom. The normalized spacial score (nSPS) is 11.0. The number of hydrogen-bond donors (Lipinski definition) is 0. The zero-order valence-electron chi connectivity index (χ0n) is 12.7. The van der Waals surface area contributed by atoms with Crippen LogP contribution in [-0.4, -0.2) is 22.1 Å². The zero-order chi connectivity index (χ0) is 14.7. The molecule has 1 aromatic heterocycles. The maximum absolute atomic E-state index is 11.9. The molecule has 0 unspecified atom stereocenters. The fourth-order valence-electron chi connectivity index (χ4n) is 2.40. The van der Waals surface area contributed by atoms with E-state index >= 15 is 0 Å². The molecule has 4 heteroatoms. The molecule has 0 aliphatic carbocycles. The van der Waals surface area contributed by atoms with E-state index in [1.54, 1.807) is 6.92 Å². The minimum atomic E-state index is -0.362. The highest BCUT2D eigenvalue weighted by Gasteiger charge is 2.17. The minimum Gasteiger partial charge on any atom is -0.460 e. The number of rotatable bonds is 5. The van der Waals surface area contributed by atoms with E-state index in [4.69, 9.17) is 4.74 Å². The Hall–Kier alpha value is -1.84. The van der Waals surface area contributed by atoms with Gasteiger partial charge in [-0.05, 0) is 49.9 Å². The highest BCUT2D eigenvalue weighted by molar-refractivity contribution is 5.91. The summed E-state index contributed by atoms with van der Waals surface area (Å²) in [6, 6.07) is 4.21. The molecular formula is C16H22N2O2. The van der Waals surface area contributed by atoms with Crippen molar-refractivity contribution in [3.63, 3.8) is 0 Å². The lowest BCUT2D eigenvalue weighted by molar-refractivity contribution is 0.0508. The van der Waals surface area contributed by atoms with Crippen molar-refractivity contribution in [2.24, 2.45) is 7.05 Å². The van der Waals surface area contributed by atoms with Gasteiger partial charge in [-0.2, -0.15) is 0 Å². The lowest BCUT2D eigenvalue weighted by atomic mass is 10.0. The number of hydrogen-bond acceptors (Lipinski definition) is 3. The van der Waals surface area contributed by atoms with Gasteiger partial charge >= 0.3 is 5.97 Å². The van der Waals surface area contributed by atoms with Crippen molar-refractivity contribution in [1.82, 2.24) is 9.55 Å². The number of ether oxygens (including phenoxy) is 1. The predicted molar refractivity (Wildman–Crippen MR) is 80.0 cm³/mol. The molecule has 2 aromatic rings. The van der Waals surface area contributed by atoms with Gasteiger partial charge in [0.1, 0.15) is 0 Å². The molecule has 1 heterocycles. The van der Waals surface area contributed by atoms with E-state index in [2.05, 4.69) is 31.0 Å². The van der Waals surface area contributed by atoms with Crippen LogP contribution in [0.15, 0.2) is 12.1 Å². The van der Waals surface area contributed by atoms with Crippen molar-refractivity contribution in [2.75, 3.05) is 6.61 Å². The van der Waals surface area contributed by atoms with Crippen LogP contribution in [0.25, 0.3) is 11.0 Å². The van der Waals surface area contributed by atoms with E-state index in [1.807, 2.05) is 11.6 Å². The summed E-state index contributed by atoms with van der Waals surface area (Å²) in [5, 5.41) is 0. The fourth-order valence-corrected chi connectivity index (χ4v) is 2.40. The average Bonchev–Trinajstić information content (AvgIpc) is 2.73. The van der Waals surface area contributed by atoms with Crippen LogP contribution in [0.4, 0.5) is 0 Å². The number of benzene rings is 1. The number of aryl methyl sites for hydroxylation is 3. The molecule has 1 aromatic carbocycles. The molecule has 0 amide bonds. The Morgan fingerprint density at radius 3 is 2.75 bits per heavy atom. The van der Waals surface area contributed by atoms with Crippen LogP contribution in [-0.2, 0) is 18.2 Å². The van der Waals surface area contributed by atoms with Gasteiger partial charge in [-0.1, -0.05) is 13.3 Å². The van der Waals surface area contributed by atoms with E-state index in [-0.39, 0.29) is 5.97 Å². The zero-order valence-corrected chi connectivity index (χ0v) is 12.7. The molecule has 0 aliphatic heterocycles. The predicted octanol–water partition coefficient (Wildman–Crippen LogP) is 3.40. The SMILES string of the molecule is CCCCc1cc2nc(C(=O)OCC)n(C)c2cc1C. The first-order valence-corrected chi connectivity index (χ1v) is 7.21. The van der Waals surface area contributed by atoms with E-state index in [9.17, 15) is 4.79 Å². The van der Waals surface area contributed by atoms with Gasteiger partial charge in [-0.25, -0.2) is 9.78 Å². The van der Waals surface area contributed by atoms with Crippen LogP contribution in [0.1, 0.15) is 48.4 Å². The summed E-state index contributed by atoms with van der Waals surface area (Å²) in [4.78, 5) is 16.3. The van der Waals surface area contributed by atoms with Crippen molar-refractivity contribution < 1.29 is 9.53 Å². The molecule has 0 radical (unpaired) electrons. The van der Waals surface area contributed by atoms with Crippen LogP contribution < -0.4 is 0 Å². The van der Waals surface area contributed by atoms with Gasteiger partial charge in [-0.3, -0.25) is 0 Å². The second-order valence-corrected chi connectivity index (χ2v) is 5.09. The number of esters is 1. The number of carbonyl (C=O) groups is 1. The van der Waals surface area contributed by atoms with Gasteiger partial charge < -0.3 is 9.30 Å². The number of fused-ring (bicyclic) bond motifs is 1. The first-order valence-electron chi connectivity index (χ1n) is 7.21. The van der Waals surface area contributed by atoms with E-state index in [0.717, 1.165) is 17.5 Å². The molecule has 20 heavy (non-hydrogen) atoms. The van der Waals surface area contributed by atoms with Crippen molar-refractivity contribution in [1.29, 1.82) is 0 Å². The van der Waals surface area contributed by atoms with Crippen molar-refractivity contribution >= 4 is 17.0 Å². The Bertz CT molecular complexity index is 629. The molecule has 0 bridgehead atoms. The molecule has 0 atom stereocenters. The molecule has 2 rings (SSSR count). The first-order chi connectivity index (χ1) is 9.58. The van der Waals surface area contributed by atoms with Gasteiger partial charge in [0.25, 0.3) is 0 Å². The molecule has 108 valence electrons. The summed E-state index contributed by atoms with van der Waals surface area (Å²) in [6.07, 6.45) is 3.40. The molecule has 0 saturated heterocycles. The molecule has 0 N–H and O–H groups in total. The van der Waals surface area contributed by atoms with Gasteiger partial charge in [0, 0.05) is 7.05 Å². The maximum atomic E-state index is 11.9. The number of imidazole rings is 1. The summed E-state index contributed by atoms with van der Waals surface area (Å²) in [6.45, 7) is 6.46. The monoisotopic (exact) mass is 274 g/mol. The molecule has 0 saturated carbocycles. The third kappa shape index (κ3) is 2.69. The Morgan fingerprint density at radius 2 is 2.10 bits per heavy atom. The lowest BCUT2D eigenvalue weighted by Crippen LogP contribution is -2.11. The maximum Gasteiger partial charge on any atom is 0.374 e. The van der Waals surface area contributed by atoms with Crippen molar-refractivity contribution in [3.8, 4) is 0 Å². The van der Waals surface area contributed by atoms with Crippen LogP contribution in [0.3, 0.4) is 0 Å². The molecule has 4 nitrogen and oxygen atoms in total. The highest BCUT2D eigenvalue weighted by atomic mass is 16.5. The van der Waals surface area contributed by atoms with E-state index in [0.29, 0.717) is 12.4 Å². The third-order valence-electron chi connectivity index (χ3n) is 3.60. The number of aromatic nitrogens is 2. The summed E-state index contributed by atoms with van der Waals surface area (Å²) in [5.41, 5.74) is 4.41. The smallest absolute Gasteiger partial charge is 0.374 e. The van der Waals surface area contributed by atoms with Crippen molar-refractivity contribution in [2.45, 2.75) is 40.0 Å². The molecule has 0 spiro atoms. The van der Waals surface area contributed by atoms with E-state index < -0.39 is 0 Å². The Labute approximate surface area is 119 Å². The van der Waals surface area contributed by atoms with Gasteiger partial charge in [0.15, 0.2) is 0 Å². The van der Waals surface area contributed by atoms with Gasteiger partial charge in [-0.15, -0.1) is 0 Å². The second-order valence-electron chi connectivity index (χ2n) is 5.09. The van der Waals surface area contributed by atoms with Crippen LogP contribution in [0, 0.1) is 6.92 Å². The quantitative estimate of drug-likeness (QED) is 0.785. The van der Waals surface area contributed by atoms with Crippen molar-refractivity contribution in [3.05, 3.63) is 29.1 Å². The summed E-state index contributed by atoms with van der Waals surface area (Å²) < 4.78 is 6.85. The average molecular weight is 274 g/mol. The summed E-state index contributed by atoms with van der Waals surface area (Å²) in [5.74, 6) is 0.00727. The third-order valence-corrected chi connectivity index (χ3v) is 3.60. The minimum absolute atomic E-state index is 0.362. The topological polar surface area (TPSA) is 44.1 Å². The second kappa shape index (κ2) is 6.07. The van der Waals surface area contributed by atoms with E-state index in [1.165, 1.54) is 24.0 Å². The van der Waals surface area contributed by atoms with Crippen LogP contribution >= 0.6 is 0 Å². The molecule has 0 aliphatic rings. The fraction of sp³-hybridized carbons (Fsp3) is 0.500. The first kappa shape index (κ1) is 14.6. The number of unbranched alkanes of at least 4 members (excludes halogenated alkanes) is 1. The Kier molecular flexibility index (Phi) is 4.42. The van der Waals surface area contributed by atoms with Crippen LogP contribution in [0.5, 0.6) is 0 Å². The number of nitrogens with zero attached hydrogens (tertiary/aromatic N) is 2. The number of carbonyl (C=O) groups excluding carboxylic acids is 1. The van der Waals surface area contributed by atoms with Crippen LogP contribution in [0.2, 0.25) is 0 Å². The highest BCUT2D eigenvalue weighted by Crippen LogP contribution is 2.22. The summed E-state index contributed by atoms with van der Waals surface area (Å²) in [7, 11) is 1.85. The van der Waals surface area contributed by atoms with Gasteiger partial charge in [0.05, 0.1) is 17.6 Å². The largest absolute Gasteiger partial charge is 0.460 e. The standard InChI is InChI=1S/C16H22N2O2/c1-5-7-8-12-10-13-14(9-11(12)3)18(4)15(17-13)16(19)20-6-2/h9-10H,5-8H2,1-4H3. The lowest BCUT2D eigenvalue weighted by Gasteiger charge is -2.06. The molecule has 0 fully saturated rings. The summed E-state index contributed by atoms with van der Waals surface area (Å²) >= 11 is 0. The van der Waals surface area contributed by atoms with Gasteiger partial charge in [0.2, 0.25) is 5.82 Å².